The second-order valence-corrected chi connectivity index (χ2v) is 7.91. The molecule has 144 valence electrons. The molecule has 0 unspecified atom stereocenters. The molecule has 1 aliphatic carbocycles. The maximum atomic E-state index is 12.7. The number of hydrogen-bond acceptors (Lipinski definition) is 4. The number of aromatic nitrogens is 2. The molecule has 27 heavy (non-hydrogen) atoms. The lowest BCUT2D eigenvalue weighted by Gasteiger charge is -2.32. The Labute approximate surface area is 159 Å². The molecule has 0 saturated carbocycles. The molecule has 4 rings (SSSR count). The molecule has 2 aromatic rings. The minimum absolute atomic E-state index is 0.0126. The van der Waals surface area contributed by atoms with E-state index in [0.29, 0.717) is 36.9 Å². The Morgan fingerprint density at radius 3 is 2.63 bits per heavy atom. The van der Waals surface area contributed by atoms with Crippen LogP contribution in [0.5, 0.6) is 0 Å². The number of carbonyl (C=O) groups excluding carboxylic acids is 1. The Balaban J connectivity index is 1.39. The molecule has 3 heterocycles. The highest BCUT2D eigenvalue weighted by atomic mass is 16.3. The number of hydrogen-bond donors (Lipinski definition) is 0. The van der Waals surface area contributed by atoms with Crippen LogP contribution in [0.15, 0.2) is 21.3 Å². The minimum atomic E-state index is 0.0126. The van der Waals surface area contributed by atoms with E-state index < -0.39 is 0 Å². The normalized spacial score (nSPS) is 17.8. The molecule has 6 nitrogen and oxygen atoms in total. The van der Waals surface area contributed by atoms with Crippen molar-refractivity contribution in [2.24, 2.45) is 5.92 Å². The van der Waals surface area contributed by atoms with Gasteiger partial charge in [0.2, 0.25) is 0 Å². The van der Waals surface area contributed by atoms with Crippen molar-refractivity contribution in [3.8, 4) is 0 Å². The van der Waals surface area contributed by atoms with Crippen molar-refractivity contribution in [3.63, 3.8) is 0 Å². The molecule has 1 fully saturated rings. The summed E-state index contributed by atoms with van der Waals surface area (Å²) in [6, 6.07) is 3.60. The number of fused-ring (bicyclic) bond motifs is 1. The van der Waals surface area contributed by atoms with Gasteiger partial charge < -0.3 is 9.32 Å². The maximum Gasteiger partial charge on any atom is 0.267 e. The summed E-state index contributed by atoms with van der Waals surface area (Å²) in [6.07, 6.45) is 6.06. The second kappa shape index (κ2) is 7.33. The molecular formula is C21H27N3O3. The predicted molar refractivity (Wildman–Crippen MR) is 102 cm³/mol. The van der Waals surface area contributed by atoms with Crippen molar-refractivity contribution in [2.75, 3.05) is 13.1 Å². The molecule has 0 bridgehead atoms. The Hall–Kier alpha value is -2.37. The summed E-state index contributed by atoms with van der Waals surface area (Å²) in [7, 11) is 0. The Morgan fingerprint density at radius 1 is 1.19 bits per heavy atom. The SMILES string of the molecule is Cc1cc(C(=O)N2CCC(Cn3nc4c(cc3=O)CCCC4)CC2)c(C)o1. The molecule has 0 atom stereocenters. The van der Waals surface area contributed by atoms with E-state index in [2.05, 4.69) is 5.10 Å². The largest absolute Gasteiger partial charge is 0.466 e. The fraction of sp³-hybridized carbons (Fsp3) is 0.571. The van der Waals surface area contributed by atoms with Crippen LogP contribution in [0.3, 0.4) is 0 Å². The molecule has 0 radical (unpaired) electrons. The number of amides is 1. The van der Waals surface area contributed by atoms with Crippen LogP contribution in [0.2, 0.25) is 0 Å². The summed E-state index contributed by atoms with van der Waals surface area (Å²) in [5, 5.41) is 4.63. The van der Waals surface area contributed by atoms with Crippen molar-refractivity contribution < 1.29 is 9.21 Å². The highest BCUT2D eigenvalue weighted by Gasteiger charge is 2.26. The van der Waals surface area contributed by atoms with Crippen LogP contribution in [-0.4, -0.2) is 33.7 Å². The van der Waals surface area contributed by atoms with E-state index in [1.165, 1.54) is 0 Å². The van der Waals surface area contributed by atoms with Crippen LogP contribution >= 0.6 is 0 Å². The molecule has 0 N–H and O–H groups in total. The summed E-state index contributed by atoms with van der Waals surface area (Å²) in [6.45, 7) is 5.78. The van der Waals surface area contributed by atoms with Gasteiger partial charge >= 0.3 is 0 Å². The van der Waals surface area contributed by atoms with Crippen LogP contribution in [0.4, 0.5) is 0 Å². The fourth-order valence-corrected chi connectivity index (χ4v) is 4.31. The zero-order chi connectivity index (χ0) is 19.0. The first-order chi connectivity index (χ1) is 13.0. The number of rotatable bonds is 3. The van der Waals surface area contributed by atoms with E-state index in [9.17, 15) is 9.59 Å². The number of piperidine rings is 1. The van der Waals surface area contributed by atoms with Gasteiger partial charge in [-0.3, -0.25) is 9.59 Å². The number of nitrogens with zero attached hydrogens (tertiary/aromatic N) is 3. The third-order valence-corrected chi connectivity index (χ3v) is 5.88. The van der Waals surface area contributed by atoms with Crippen LogP contribution in [0.25, 0.3) is 0 Å². The topological polar surface area (TPSA) is 68.3 Å². The van der Waals surface area contributed by atoms with Crippen molar-refractivity contribution in [1.29, 1.82) is 0 Å². The molecular weight excluding hydrogens is 342 g/mol. The third-order valence-electron chi connectivity index (χ3n) is 5.88. The predicted octanol–water partition coefficient (Wildman–Crippen LogP) is 2.88. The van der Waals surface area contributed by atoms with Crippen LogP contribution < -0.4 is 5.56 Å². The van der Waals surface area contributed by atoms with Crippen molar-refractivity contribution in [1.82, 2.24) is 14.7 Å². The standard InChI is InChI=1S/C21H27N3O3/c1-14-11-18(15(2)27-14)21(26)23-9-7-16(8-10-23)13-24-20(25)12-17-5-3-4-6-19(17)22-24/h11-12,16H,3-10,13H2,1-2H3. The van der Waals surface area contributed by atoms with Crippen molar-refractivity contribution in [3.05, 3.63) is 50.8 Å². The van der Waals surface area contributed by atoms with Gasteiger partial charge in [-0.25, -0.2) is 4.68 Å². The van der Waals surface area contributed by atoms with Crippen molar-refractivity contribution >= 4 is 5.91 Å². The Kier molecular flexibility index (Phi) is 4.89. The highest BCUT2D eigenvalue weighted by Crippen LogP contribution is 2.23. The van der Waals surface area contributed by atoms with Crippen LogP contribution in [0.1, 0.15) is 58.8 Å². The van der Waals surface area contributed by atoms with E-state index >= 15 is 0 Å². The Bertz CT molecular complexity index is 904. The van der Waals surface area contributed by atoms with Gasteiger partial charge in [0.25, 0.3) is 11.5 Å². The quantitative estimate of drug-likeness (QED) is 0.834. The summed E-state index contributed by atoms with van der Waals surface area (Å²) < 4.78 is 7.14. The summed E-state index contributed by atoms with van der Waals surface area (Å²) >= 11 is 0. The monoisotopic (exact) mass is 369 g/mol. The first kappa shape index (κ1) is 18.0. The van der Waals surface area contributed by atoms with Gasteiger partial charge in [-0.1, -0.05) is 0 Å². The van der Waals surface area contributed by atoms with E-state index in [1.807, 2.05) is 24.8 Å². The average Bonchev–Trinajstić information content (AvgIpc) is 3.00. The van der Waals surface area contributed by atoms with E-state index in [0.717, 1.165) is 55.5 Å². The number of carbonyl (C=O) groups is 1. The third kappa shape index (κ3) is 3.70. The smallest absolute Gasteiger partial charge is 0.267 e. The molecule has 0 spiro atoms. The second-order valence-electron chi connectivity index (χ2n) is 7.91. The maximum absolute atomic E-state index is 12.7. The van der Waals surface area contributed by atoms with Crippen LogP contribution in [0, 0.1) is 19.8 Å². The van der Waals surface area contributed by atoms with Gasteiger partial charge in [-0.05, 0) is 69.9 Å². The van der Waals surface area contributed by atoms with E-state index in [4.69, 9.17) is 4.42 Å². The van der Waals surface area contributed by atoms with E-state index in [-0.39, 0.29) is 11.5 Å². The number of aryl methyl sites for hydroxylation is 4. The lowest BCUT2D eigenvalue weighted by molar-refractivity contribution is 0.0678. The lowest BCUT2D eigenvalue weighted by Crippen LogP contribution is -2.40. The molecule has 6 heteroatoms. The highest BCUT2D eigenvalue weighted by molar-refractivity contribution is 5.95. The molecule has 1 amide bonds. The fourth-order valence-electron chi connectivity index (χ4n) is 4.31. The molecule has 0 aromatic carbocycles. The minimum Gasteiger partial charge on any atom is -0.466 e. The van der Waals surface area contributed by atoms with Gasteiger partial charge in [0.15, 0.2) is 0 Å². The molecule has 2 aliphatic rings. The van der Waals surface area contributed by atoms with Gasteiger partial charge in [0, 0.05) is 25.7 Å². The summed E-state index contributed by atoms with van der Waals surface area (Å²) in [4.78, 5) is 27.0. The Morgan fingerprint density at radius 2 is 1.93 bits per heavy atom. The molecule has 1 aliphatic heterocycles. The van der Waals surface area contributed by atoms with Gasteiger partial charge in [0.05, 0.1) is 11.3 Å². The summed E-state index contributed by atoms with van der Waals surface area (Å²) in [5.41, 5.74) is 2.91. The van der Waals surface area contributed by atoms with Gasteiger partial charge in [-0.15, -0.1) is 0 Å². The number of likely N-dealkylation sites (tertiary alicyclic amines) is 1. The van der Waals surface area contributed by atoms with Gasteiger partial charge in [0.1, 0.15) is 11.5 Å². The molecule has 2 aromatic heterocycles. The lowest BCUT2D eigenvalue weighted by atomic mass is 9.95. The molecule has 1 saturated heterocycles. The average molecular weight is 369 g/mol. The summed E-state index contributed by atoms with van der Waals surface area (Å²) in [5.74, 6) is 1.88. The van der Waals surface area contributed by atoms with Crippen molar-refractivity contribution in [2.45, 2.75) is 58.9 Å². The van der Waals surface area contributed by atoms with Crippen LogP contribution in [-0.2, 0) is 19.4 Å². The first-order valence-corrected chi connectivity index (χ1v) is 9.97. The van der Waals surface area contributed by atoms with E-state index in [1.54, 1.807) is 10.7 Å². The first-order valence-electron chi connectivity index (χ1n) is 9.97. The zero-order valence-corrected chi connectivity index (χ0v) is 16.2. The number of furan rings is 1. The van der Waals surface area contributed by atoms with Gasteiger partial charge in [-0.2, -0.15) is 5.10 Å². The zero-order valence-electron chi connectivity index (χ0n) is 16.2.